The predicted molar refractivity (Wildman–Crippen MR) is 101 cm³/mol. The molecule has 2 aliphatic heterocycles. The fourth-order valence-corrected chi connectivity index (χ4v) is 3.85. The van der Waals surface area contributed by atoms with Crippen molar-refractivity contribution >= 4 is 23.1 Å². The molecule has 2 fully saturated rings. The van der Waals surface area contributed by atoms with E-state index in [2.05, 4.69) is 20.3 Å². The van der Waals surface area contributed by atoms with Gasteiger partial charge >= 0.3 is 6.03 Å². The minimum Gasteiger partial charge on any atom is -0.335 e. The highest BCUT2D eigenvalue weighted by molar-refractivity contribution is 5.97. The zero-order valence-electron chi connectivity index (χ0n) is 15.4. The summed E-state index contributed by atoms with van der Waals surface area (Å²) in [7, 11) is 1.77. The molecule has 3 aromatic heterocycles. The zero-order chi connectivity index (χ0) is 19.3. The molecule has 9 nitrogen and oxygen atoms in total. The summed E-state index contributed by atoms with van der Waals surface area (Å²) >= 11 is 0. The molecule has 142 valence electrons. The first-order valence-corrected chi connectivity index (χ1v) is 9.07. The van der Waals surface area contributed by atoms with Gasteiger partial charge in [-0.3, -0.25) is 9.78 Å². The average Bonchev–Trinajstić information content (AvgIpc) is 3.22. The number of fused-ring (bicyclic) bond motifs is 1. The van der Waals surface area contributed by atoms with Gasteiger partial charge in [-0.25, -0.2) is 14.8 Å². The van der Waals surface area contributed by atoms with Crippen molar-refractivity contribution in [1.29, 1.82) is 0 Å². The number of likely N-dealkylation sites (tertiary alicyclic amines) is 1. The molecule has 2 saturated heterocycles. The highest BCUT2D eigenvalue weighted by Crippen LogP contribution is 2.31. The van der Waals surface area contributed by atoms with Crippen molar-refractivity contribution in [2.75, 3.05) is 26.7 Å². The number of pyridine rings is 2. The molecule has 0 aromatic carbocycles. The summed E-state index contributed by atoms with van der Waals surface area (Å²) < 4.78 is 1.91. The zero-order valence-corrected chi connectivity index (χ0v) is 15.4. The first-order chi connectivity index (χ1) is 13.6. The number of hydrogen-bond donors (Lipinski definition) is 1. The Kier molecular flexibility index (Phi) is 3.58. The summed E-state index contributed by atoms with van der Waals surface area (Å²) in [4.78, 5) is 41.1. The molecule has 0 bridgehead atoms. The number of rotatable bonds is 3. The lowest BCUT2D eigenvalue weighted by Gasteiger charge is -2.50. The molecule has 0 atom stereocenters. The summed E-state index contributed by atoms with van der Waals surface area (Å²) in [6.07, 6.45) is 5.06. The van der Waals surface area contributed by atoms with E-state index in [1.54, 1.807) is 41.6 Å². The van der Waals surface area contributed by atoms with Crippen LogP contribution < -0.4 is 5.32 Å². The second kappa shape index (κ2) is 6.01. The monoisotopic (exact) mass is 377 g/mol. The fraction of sp³-hybridized carbons (Fsp3) is 0.316. The van der Waals surface area contributed by atoms with Gasteiger partial charge in [0.1, 0.15) is 5.52 Å². The van der Waals surface area contributed by atoms with E-state index < -0.39 is 0 Å². The van der Waals surface area contributed by atoms with Gasteiger partial charge in [-0.1, -0.05) is 6.07 Å². The van der Waals surface area contributed by atoms with Gasteiger partial charge in [0.15, 0.2) is 5.65 Å². The molecule has 5 heterocycles. The minimum absolute atomic E-state index is 0.0892. The van der Waals surface area contributed by atoms with Crippen molar-refractivity contribution in [3.8, 4) is 0 Å². The van der Waals surface area contributed by atoms with Crippen LogP contribution in [-0.4, -0.2) is 73.5 Å². The summed E-state index contributed by atoms with van der Waals surface area (Å²) in [6, 6.07) is 7.45. The molecule has 0 radical (unpaired) electrons. The summed E-state index contributed by atoms with van der Waals surface area (Å²) in [5, 5.41) is 2.83. The first-order valence-electron chi connectivity index (χ1n) is 9.07. The summed E-state index contributed by atoms with van der Waals surface area (Å²) in [5.41, 5.74) is 2.53. The van der Waals surface area contributed by atoms with Gasteiger partial charge in [-0.05, 0) is 18.2 Å². The van der Waals surface area contributed by atoms with E-state index in [1.165, 1.54) is 0 Å². The summed E-state index contributed by atoms with van der Waals surface area (Å²) in [5.74, 6) is -0.0907. The fourth-order valence-electron chi connectivity index (χ4n) is 3.85. The molecule has 2 aliphatic rings. The van der Waals surface area contributed by atoms with Crippen LogP contribution in [0.5, 0.6) is 0 Å². The smallest absolute Gasteiger partial charge is 0.317 e. The van der Waals surface area contributed by atoms with Crippen LogP contribution in [0.15, 0.2) is 43.0 Å². The Hall–Kier alpha value is -3.49. The van der Waals surface area contributed by atoms with Gasteiger partial charge in [0.2, 0.25) is 0 Å². The molecule has 28 heavy (non-hydrogen) atoms. The van der Waals surface area contributed by atoms with Gasteiger partial charge in [-0.2, -0.15) is 0 Å². The third-order valence-electron chi connectivity index (χ3n) is 5.60. The van der Waals surface area contributed by atoms with Crippen molar-refractivity contribution in [3.05, 3.63) is 54.2 Å². The molecular weight excluding hydrogens is 358 g/mol. The maximum Gasteiger partial charge on any atom is 0.317 e. The van der Waals surface area contributed by atoms with Crippen LogP contribution in [0.4, 0.5) is 4.79 Å². The van der Waals surface area contributed by atoms with Crippen LogP contribution in [0.25, 0.3) is 11.2 Å². The van der Waals surface area contributed by atoms with E-state index in [0.717, 1.165) is 5.69 Å². The molecule has 0 saturated carbocycles. The number of carbonyl (C=O) groups excluding carboxylic acids is 2. The topological polar surface area (TPSA) is 96.3 Å². The average molecular weight is 377 g/mol. The van der Waals surface area contributed by atoms with E-state index in [-0.39, 0.29) is 17.5 Å². The van der Waals surface area contributed by atoms with Gasteiger partial charge in [0.05, 0.1) is 29.7 Å². The second-order valence-corrected chi connectivity index (χ2v) is 7.36. The van der Waals surface area contributed by atoms with Gasteiger partial charge in [-0.15, -0.1) is 0 Å². The number of likely N-dealkylation sites (N-methyl/N-ethyl adjacent to an activating group) is 1. The van der Waals surface area contributed by atoms with Crippen LogP contribution >= 0.6 is 0 Å². The van der Waals surface area contributed by atoms with Crippen LogP contribution in [-0.2, 0) is 6.54 Å². The van der Waals surface area contributed by atoms with Gasteiger partial charge < -0.3 is 19.7 Å². The van der Waals surface area contributed by atoms with E-state index in [4.69, 9.17) is 0 Å². The molecule has 3 amide bonds. The Morgan fingerprint density at radius 2 is 2.11 bits per heavy atom. The second-order valence-electron chi connectivity index (χ2n) is 7.36. The molecule has 5 rings (SSSR count). The number of carbonyl (C=O) groups is 2. The maximum absolute atomic E-state index is 12.8. The van der Waals surface area contributed by atoms with Gasteiger partial charge in [0.25, 0.3) is 5.91 Å². The SMILES string of the molecule is CN1C(=O)NCC12CN(C(=O)c1cnc3c(c1)ncn3Cc1ccccn1)C2. The van der Waals surface area contributed by atoms with E-state index in [0.29, 0.717) is 42.9 Å². The highest BCUT2D eigenvalue weighted by atomic mass is 16.2. The molecule has 3 aromatic rings. The number of nitrogens with zero attached hydrogens (tertiary/aromatic N) is 6. The number of imidazole rings is 1. The predicted octanol–water partition coefficient (Wildman–Crippen LogP) is 0.724. The van der Waals surface area contributed by atoms with Crippen molar-refractivity contribution in [3.63, 3.8) is 0 Å². The number of nitrogens with one attached hydrogen (secondary N) is 1. The number of amides is 3. The highest BCUT2D eigenvalue weighted by Gasteiger charge is 2.53. The Labute approximate surface area is 161 Å². The first kappa shape index (κ1) is 16.7. The Balaban J connectivity index is 1.33. The van der Waals surface area contributed by atoms with E-state index in [9.17, 15) is 9.59 Å². The lowest BCUT2D eigenvalue weighted by Crippen LogP contribution is -2.70. The van der Waals surface area contributed by atoms with Gasteiger partial charge in [0, 0.05) is 39.1 Å². The van der Waals surface area contributed by atoms with E-state index in [1.807, 2.05) is 22.8 Å². The summed E-state index contributed by atoms with van der Waals surface area (Å²) in [6.45, 7) is 2.18. The largest absolute Gasteiger partial charge is 0.335 e. The van der Waals surface area contributed by atoms with Crippen molar-refractivity contribution < 1.29 is 9.59 Å². The number of aromatic nitrogens is 4. The third-order valence-corrected chi connectivity index (χ3v) is 5.60. The van der Waals surface area contributed by atoms with Crippen LogP contribution in [0, 0.1) is 0 Å². The third kappa shape index (κ3) is 2.50. The molecule has 1 N–H and O–H groups in total. The van der Waals surface area contributed by atoms with E-state index >= 15 is 0 Å². The van der Waals surface area contributed by atoms with Crippen molar-refractivity contribution in [2.24, 2.45) is 0 Å². The lowest BCUT2D eigenvalue weighted by atomic mass is 9.89. The maximum atomic E-state index is 12.8. The molecule has 0 aliphatic carbocycles. The molecule has 1 spiro atoms. The van der Waals surface area contributed by atoms with Crippen LogP contribution in [0.3, 0.4) is 0 Å². The lowest BCUT2D eigenvalue weighted by molar-refractivity contribution is 0.00775. The van der Waals surface area contributed by atoms with Crippen LogP contribution in [0.2, 0.25) is 0 Å². The Morgan fingerprint density at radius 3 is 2.82 bits per heavy atom. The molecule has 0 unspecified atom stereocenters. The number of urea groups is 1. The number of hydrogen-bond acceptors (Lipinski definition) is 5. The van der Waals surface area contributed by atoms with Crippen molar-refractivity contribution in [2.45, 2.75) is 12.1 Å². The Morgan fingerprint density at radius 1 is 1.25 bits per heavy atom. The minimum atomic E-state index is -0.283. The molecular formula is C19H19N7O2. The Bertz CT molecular complexity index is 1070. The standard InChI is InChI=1S/C19H19N7O2/c1-24-18(28)22-9-19(24)10-26(11-19)17(27)13-6-15-16(21-7-13)25(12-23-15)8-14-4-2-3-5-20-14/h2-7,12H,8-11H2,1H3,(H,22,28). The molecule has 9 heteroatoms. The van der Waals surface area contributed by atoms with Crippen molar-refractivity contribution in [1.82, 2.24) is 34.6 Å². The quantitative estimate of drug-likeness (QED) is 0.726. The van der Waals surface area contributed by atoms with Crippen LogP contribution in [0.1, 0.15) is 16.1 Å². The normalized spacial score (nSPS) is 17.8.